The zero-order valence-electron chi connectivity index (χ0n) is 18.0. The van der Waals surface area contributed by atoms with E-state index >= 15 is 0 Å². The zero-order valence-corrected chi connectivity index (χ0v) is 18.8. The largest absolute Gasteiger partial charge is 0.494 e. The van der Waals surface area contributed by atoms with Crippen LogP contribution in [0.2, 0.25) is 0 Å². The van der Waals surface area contributed by atoms with Gasteiger partial charge in [0.2, 0.25) is 9.84 Å². The maximum atomic E-state index is 13.2. The number of benzene rings is 3. The van der Waals surface area contributed by atoms with Gasteiger partial charge in [-0.15, -0.1) is 0 Å². The summed E-state index contributed by atoms with van der Waals surface area (Å²) in [6, 6.07) is 13.9. The standard InChI is InChI=1S/C24H21F3O6S/c1-2-32-20-13-16(3-12-23(28)29)14-22(15-20)34(30,31)21-10-8-19(9-11-21)33-18-6-4-17(5-7-18)24(25,26)27/h4-11,13-15H,2-3,12H2,1H3,(H,28,29). The molecule has 0 aliphatic carbocycles. The first-order valence-electron chi connectivity index (χ1n) is 10.2. The van der Waals surface area contributed by atoms with Gasteiger partial charge in [0.05, 0.1) is 22.0 Å². The highest BCUT2D eigenvalue weighted by molar-refractivity contribution is 7.91. The number of carboxylic acids is 1. The summed E-state index contributed by atoms with van der Waals surface area (Å²) in [5, 5.41) is 8.92. The number of carboxylic acid groups (broad SMARTS) is 1. The summed E-state index contributed by atoms with van der Waals surface area (Å²) < 4.78 is 75.3. The van der Waals surface area contributed by atoms with Gasteiger partial charge in [0.15, 0.2) is 0 Å². The van der Waals surface area contributed by atoms with Crippen molar-refractivity contribution in [3.05, 3.63) is 77.9 Å². The third-order valence-electron chi connectivity index (χ3n) is 4.74. The van der Waals surface area contributed by atoms with Gasteiger partial charge in [0.1, 0.15) is 17.2 Å². The van der Waals surface area contributed by atoms with Crippen molar-refractivity contribution in [2.75, 3.05) is 6.61 Å². The number of aliphatic carboxylic acids is 1. The predicted molar refractivity (Wildman–Crippen MR) is 117 cm³/mol. The number of ether oxygens (including phenoxy) is 2. The summed E-state index contributed by atoms with van der Waals surface area (Å²) in [6.45, 7) is 2.05. The van der Waals surface area contributed by atoms with Gasteiger partial charge in [-0.1, -0.05) is 0 Å². The molecule has 0 aromatic heterocycles. The molecule has 1 N–H and O–H groups in total. The second-order valence-corrected chi connectivity index (χ2v) is 9.19. The van der Waals surface area contributed by atoms with Gasteiger partial charge < -0.3 is 14.6 Å². The quantitative estimate of drug-likeness (QED) is 0.408. The van der Waals surface area contributed by atoms with Crippen LogP contribution in [0.15, 0.2) is 76.5 Å². The highest BCUT2D eigenvalue weighted by Crippen LogP contribution is 2.32. The Balaban J connectivity index is 1.83. The maximum absolute atomic E-state index is 13.2. The lowest BCUT2D eigenvalue weighted by molar-refractivity contribution is -0.138. The fraction of sp³-hybridized carbons (Fsp3) is 0.208. The Kier molecular flexibility index (Phi) is 7.51. The molecule has 0 bridgehead atoms. The molecule has 34 heavy (non-hydrogen) atoms. The number of rotatable bonds is 9. The summed E-state index contributed by atoms with van der Waals surface area (Å²) in [5.74, 6) is -0.291. The number of halogens is 3. The minimum atomic E-state index is -4.46. The van der Waals surface area contributed by atoms with Crippen LogP contribution in [-0.4, -0.2) is 26.1 Å². The summed E-state index contributed by atoms with van der Waals surface area (Å²) >= 11 is 0. The summed E-state index contributed by atoms with van der Waals surface area (Å²) in [6.07, 6.45) is -4.48. The van der Waals surface area contributed by atoms with Gasteiger partial charge in [-0.3, -0.25) is 4.79 Å². The van der Waals surface area contributed by atoms with E-state index in [1.165, 1.54) is 48.5 Å². The highest BCUT2D eigenvalue weighted by atomic mass is 32.2. The molecule has 3 aromatic carbocycles. The van der Waals surface area contributed by atoms with Crippen molar-refractivity contribution in [2.24, 2.45) is 0 Å². The van der Waals surface area contributed by atoms with Gasteiger partial charge in [0, 0.05) is 6.42 Å². The minimum absolute atomic E-state index is 0.0369. The Bertz CT molecular complexity index is 1250. The fourth-order valence-electron chi connectivity index (χ4n) is 3.10. The molecule has 0 aliphatic rings. The molecule has 0 fully saturated rings. The van der Waals surface area contributed by atoms with Gasteiger partial charge >= 0.3 is 12.1 Å². The number of hydrogen-bond acceptors (Lipinski definition) is 5. The third-order valence-corrected chi connectivity index (χ3v) is 6.49. The number of hydrogen-bond donors (Lipinski definition) is 1. The molecule has 0 amide bonds. The summed E-state index contributed by atoms with van der Waals surface area (Å²) in [7, 11) is -3.96. The first-order valence-corrected chi connectivity index (χ1v) is 11.7. The molecule has 3 aromatic rings. The zero-order chi connectivity index (χ0) is 24.9. The number of alkyl halides is 3. The van der Waals surface area contributed by atoms with Crippen LogP contribution in [0.3, 0.4) is 0 Å². The molecule has 0 saturated heterocycles. The predicted octanol–water partition coefficient (Wildman–Crippen LogP) is 5.75. The van der Waals surface area contributed by atoms with Gasteiger partial charge in [0.25, 0.3) is 0 Å². The average molecular weight is 494 g/mol. The lowest BCUT2D eigenvalue weighted by Gasteiger charge is -2.12. The topological polar surface area (TPSA) is 89.9 Å². The van der Waals surface area contributed by atoms with E-state index in [1.54, 1.807) is 13.0 Å². The molecular weight excluding hydrogens is 473 g/mol. The van der Waals surface area contributed by atoms with Crippen LogP contribution in [0.1, 0.15) is 24.5 Å². The van der Waals surface area contributed by atoms with Crippen molar-refractivity contribution < 1.29 is 41.0 Å². The van der Waals surface area contributed by atoms with Crippen molar-refractivity contribution in [2.45, 2.75) is 35.7 Å². The van der Waals surface area contributed by atoms with E-state index in [1.807, 2.05) is 0 Å². The molecule has 3 rings (SSSR count). The third kappa shape index (κ3) is 6.28. The van der Waals surface area contributed by atoms with Crippen LogP contribution < -0.4 is 9.47 Å². The van der Waals surface area contributed by atoms with E-state index in [-0.39, 0.29) is 34.1 Å². The van der Waals surface area contributed by atoms with E-state index in [4.69, 9.17) is 14.6 Å². The smallest absolute Gasteiger partial charge is 0.416 e. The lowest BCUT2D eigenvalue weighted by atomic mass is 10.1. The van der Waals surface area contributed by atoms with E-state index in [0.29, 0.717) is 17.9 Å². The van der Waals surface area contributed by atoms with Gasteiger partial charge in [-0.25, -0.2) is 8.42 Å². The van der Waals surface area contributed by atoms with Crippen molar-refractivity contribution in [3.63, 3.8) is 0 Å². The average Bonchev–Trinajstić information content (AvgIpc) is 2.78. The molecule has 10 heteroatoms. The normalized spacial score (nSPS) is 11.8. The van der Waals surface area contributed by atoms with Gasteiger partial charge in [-0.2, -0.15) is 13.2 Å². The minimum Gasteiger partial charge on any atom is -0.494 e. The van der Waals surface area contributed by atoms with E-state index in [9.17, 15) is 26.4 Å². The SMILES string of the molecule is CCOc1cc(CCC(=O)O)cc(S(=O)(=O)c2ccc(Oc3ccc(C(F)(F)F)cc3)cc2)c1. The Hall–Kier alpha value is -3.53. The lowest BCUT2D eigenvalue weighted by Crippen LogP contribution is -2.05. The Morgan fingerprint density at radius 1 is 0.882 bits per heavy atom. The van der Waals surface area contributed by atoms with Crippen LogP contribution in [0.25, 0.3) is 0 Å². The summed E-state index contributed by atoms with van der Waals surface area (Å²) in [4.78, 5) is 10.8. The Morgan fingerprint density at radius 2 is 1.47 bits per heavy atom. The molecule has 0 unspecified atom stereocenters. The van der Waals surface area contributed by atoms with Crippen LogP contribution in [0, 0.1) is 0 Å². The van der Waals surface area contributed by atoms with Crippen LogP contribution >= 0.6 is 0 Å². The molecule has 6 nitrogen and oxygen atoms in total. The van der Waals surface area contributed by atoms with E-state index in [2.05, 4.69) is 0 Å². The first-order chi connectivity index (χ1) is 16.0. The van der Waals surface area contributed by atoms with Crippen LogP contribution in [0.4, 0.5) is 13.2 Å². The molecule has 0 spiro atoms. The molecule has 0 atom stereocenters. The second kappa shape index (κ2) is 10.2. The molecule has 180 valence electrons. The van der Waals surface area contributed by atoms with E-state index in [0.717, 1.165) is 12.1 Å². The Morgan fingerprint density at radius 3 is 2.00 bits per heavy atom. The van der Waals surface area contributed by atoms with E-state index < -0.39 is 27.5 Å². The fourth-order valence-corrected chi connectivity index (χ4v) is 4.45. The number of aryl methyl sites for hydroxylation is 1. The van der Waals surface area contributed by atoms with Crippen molar-refractivity contribution >= 4 is 15.8 Å². The molecule has 0 radical (unpaired) electrons. The van der Waals surface area contributed by atoms with Crippen molar-refractivity contribution in [3.8, 4) is 17.2 Å². The van der Waals surface area contributed by atoms with Crippen LogP contribution in [0.5, 0.6) is 17.2 Å². The summed E-state index contributed by atoms with van der Waals surface area (Å²) in [5.41, 5.74) is -0.299. The van der Waals surface area contributed by atoms with Crippen molar-refractivity contribution in [1.29, 1.82) is 0 Å². The Labute approximate surface area is 194 Å². The second-order valence-electron chi connectivity index (χ2n) is 7.24. The van der Waals surface area contributed by atoms with Crippen LogP contribution in [-0.2, 0) is 27.2 Å². The highest BCUT2D eigenvalue weighted by Gasteiger charge is 2.30. The van der Waals surface area contributed by atoms with Gasteiger partial charge in [-0.05, 0) is 85.6 Å². The number of sulfone groups is 1. The molecule has 0 aliphatic heterocycles. The molecular formula is C24H21F3O6S. The maximum Gasteiger partial charge on any atom is 0.416 e. The molecule has 0 saturated carbocycles. The monoisotopic (exact) mass is 494 g/mol. The number of carbonyl (C=O) groups is 1. The first kappa shape index (κ1) is 25.1. The molecule has 0 heterocycles. The van der Waals surface area contributed by atoms with Crippen molar-refractivity contribution in [1.82, 2.24) is 0 Å².